The first kappa shape index (κ1) is 9.01. The van der Waals surface area contributed by atoms with E-state index in [1.165, 1.54) is 25.0 Å². The van der Waals surface area contributed by atoms with Gasteiger partial charge in [0.15, 0.2) is 5.69 Å². The Bertz CT molecular complexity index is 234. The summed E-state index contributed by atoms with van der Waals surface area (Å²) >= 11 is 1.88. The lowest BCUT2D eigenvalue weighted by molar-refractivity contribution is -0.384. The van der Waals surface area contributed by atoms with Crippen LogP contribution in [0.4, 0.5) is 0 Å². The molecule has 0 bridgehead atoms. The van der Waals surface area contributed by atoms with Gasteiger partial charge in [0.05, 0.1) is 4.88 Å². The smallest absolute Gasteiger partial charge is 0.223 e. The molecule has 62 valence electrons. The summed E-state index contributed by atoms with van der Waals surface area (Å²) in [5.41, 5.74) is 3.59. The topological polar surface area (TPSA) is 14.1 Å². The Hall–Kier alpha value is -0.0800. The van der Waals surface area contributed by atoms with E-state index in [1.54, 1.807) is 4.88 Å². The number of H-pyrrole nitrogens is 1. The van der Waals surface area contributed by atoms with Crippen molar-refractivity contribution in [2.75, 3.05) is 0 Å². The molecule has 0 saturated carbocycles. The molecule has 0 spiro atoms. The van der Waals surface area contributed by atoms with Gasteiger partial charge in [-0.25, -0.2) is 4.98 Å². The predicted octanol–water partition coefficient (Wildman–Crippen LogP) is -0.994. The number of hydrogen-bond acceptors (Lipinski definition) is 1. The standard InChI is InChI=1S/C8H11NS.ClH/c1-6-3-2-4-7-8(6)10-5-9-7;/h5-6H,2-4H2,1H3;1H. The average Bonchev–Trinajstić information content (AvgIpc) is 2.36. The Morgan fingerprint density at radius 1 is 1.64 bits per heavy atom. The highest BCUT2D eigenvalue weighted by Gasteiger charge is 2.22. The maximum Gasteiger partial charge on any atom is 0.223 e. The second kappa shape index (κ2) is 3.55. The minimum atomic E-state index is 0. The Kier molecular flexibility index (Phi) is 2.90. The minimum absolute atomic E-state index is 0. The first-order chi connectivity index (χ1) is 4.88. The normalized spacial score (nSPS) is 22.1. The molecule has 1 N–H and O–H groups in total. The molecule has 0 radical (unpaired) electrons. The van der Waals surface area contributed by atoms with Gasteiger partial charge in [0, 0.05) is 6.42 Å². The molecule has 1 aromatic rings. The molecule has 1 aromatic heterocycles. The van der Waals surface area contributed by atoms with Crippen molar-refractivity contribution in [2.24, 2.45) is 0 Å². The molecule has 1 aliphatic rings. The lowest BCUT2D eigenvalue weighted by Crippen LogP contribution is -3.00. The highest BCUT2D eigenvalue weighted by Crippen LogP contribution is 2.31. The van der Waals surface area contributed by atoms with Crippen LogP contribution in [0.5, 0.6) is 0 Å². The SMILES string of the molecule is CC1CCCc2[nH+]csc21.[Cl-]. The molecule has 1 aliphatic carbocycles. The Morgan fingerprint density at radius 3 is 3.18 bits per heavy atom. The summed E-state index contributed by atoms with van der Waals surface area (Å²) in [5.74, 6) is 0.806. The molecule has 3 heteroatoms. The van der Waals surface area contributed by atoms with Crippen molar-refractivity contribution < 1.29 is 17.4 Å². The minimum Gasteiger partial charge on any atom is -1.00 e. The van der Waals surface area contributed by atoms with Crippen LogP contribution in [-0.2, 0) is 6.42 Å². The van der Waals surface area contributed by atoms with E-state index in [0.29, 0.717) is 0 Å². The third-order valence-corrected chi connectivity index (χ3v) is 3.37. The summed E-state index contributed by atoms with van der Waals surface area (Å²) in [4.78, 5) is 4.90. The number of halogens is 1. The number of thiazole rings is 1. The fourth-order valence-electron chi connectivity index (χ4n) is 1.63. The number of rotatable bonds is 0. The number of nitrogens with one attached hydrogen (secondary N) is 1. The number of hydrogen-bond donors (Lipinski definition) is 0. The van der Waals surface area contributed by atoms with Crippen molar-refractivity contribution in [3.8, 4) is 0 Å². The van der Waals surface area contributed by atoms with Crippen LogP contribution in [0.15, 0.2) is 5.51 Å². The van der Waals surface area contributed by atoms with Gasteiger partial charge in [-0.1, -0.05) is 18.3 Å². The van der Waals surface area contributed by atoms with Crippen LogP contribution in [-0.4, -0.2) is 0 Å². The molecule has 1 atom stereocenters. The quantitative estimate of drug-likeness (QED) is 0.498. The van der Waals surface area contributed by atoms with Gasteiger partial charge in [-0.2, -0.15) is 0 Å². The molecule has 1 nitrogen and oxygen atoms in total. The van der Waals surface area contributed by atoms with E-state index in [9.17, 15) is 0 Å². The van der Waals surface area contributed by atoms with Crippen molar-refractivity contribution in [1.82, 2.24) is 0 Å². The second-order valence-electron chi connectivity index (χ2n) is 3.02. The maximum absolute atomic E-state index is 3.31. The van der Waals surface area contributed by atoms with E-state index < -0.39 is 0 Å². The Labute approximate surface area is 77.3 Å². The third-order valence-electron chi connectivity index (χ3n) is 2.23. The van der Waals surface area contributed by atoms with Crippen molar-refractivity contribution in [3.05, 3.63) is 16.1 Å². The van der Waals surface area contributed by atoms with Crippen molar-refractivity contribution in [1.29, 1.82) is 0 Å². The van der Waals surface area contributed by atoms with Crippen molar-refractivity contribution >= 4 is 11.3 Å². The molecule has 0 aromatic carbocycles. The van der Waals surface area contributed by atoms with E-state index in [2.05, 4.69) is 17.4 Å². The summed E-state index contributed by atoms with van der Waals surface area (Å²) in [7, 11) is 0. The third kappa shape index (κ3) is 1.57. The molecular formula is C8H12ClNS. The molecule has 0 amide bonds. The highest BCUT2D eigenvalue weighted by atomic mass is 35.5. The zero-order valence-electron chi connectivity index (χ0n) is 6.56. The van der Waals surface area contributed by atoms with Gasteiger partial charge in [0.25, 0.3) is 0 Å². The molecule has 2 rings (SSSR count). The maximum atomic E-state index is 3.31. The fourth-order valence-corrected chi connectivity index (χ4v) is 2.61. The van der Waals surface area contributed by atoms with Crippen LogP contribution in [0, 0.1) is 0 Å². The van der Waals surface area contributed by atoms with E-state index in [-0.39, 0.29) is 12.4 Å². The summed E-state index contributed by atoms with van der Waals surface area (Å²) < 4.78 is 0. The van der Waals surface area contributed by atoms with Crippen LogP contribution in [0.1, 0.15) is 36.3 Å². The zero-order valence-corrected chi connectivity index (χ0v) is 8.13. The number of aromatic nitrogens is 1. The van der Waals surface area contributed by atoms with Gasteiger partial charge in [-0.3, -0.25) is 0 Å². The van der Waals surface area contributed by atoms with Crippen molar-refractivity contribution in [3.63, 3.8) is 0 Å². The first-order valence-electron chi connectivity index (χ1n) is 3.86. The van der Waals surface area contributed by atoms with Crippen LogP contribution in [0.2, 0.25) is 0 Å². The second-order valence-corrected chi connectivity index (χ2v) is 3.93. The zero-order chi connectivity index (χ0) is 6.97. The molecule has 0 aliphatic heterocycles. The molecule has 1 unspecified atom stereocenters. The monoisotopic (exact) mass is 189 g/mol. The van der Waals surface area contributed by atoms with E-state index >= 15 is 0 Å². The van der Waals surface area contributed by atoms with Gasteiger partial charge >= 0.3 is 0 Å². The lowest BCUT2D eigenvalue weighted by atomic mass is 9.94. The summed E-state index contributed by atoms with van der Waals surface area (Å²) in [5, 5.41) is 0. The molecule has 0 saturated heterocycles. The largest absolute Gasteiger partial charge is 1.00 e. The van der Waals surface area contributed by atoms with Crippen LogP contribution >= 0.6 is 11.3 Å². The number of aromatic amines is 1. The van der Waals surface area contributed by atoms with Gasteiger partial charge in [-0.15, -0.1) is 0 Å². The molecular weight excluding hydrogens is 178 g/mol. The van der Waals surface area contributed by atoms with Crippen LogP contribution in [0.25, 0.3) is 0 Å². The van der Waals surface area contributed by atoms with Crippen LogP contribution in [0.3, 0.4) is 0 Å². The van der Waals surface area contributed by atoms with E-state index in [4.69, 9.17) is 0 Å². The average molecular weight is 190 g/mol. The first-order valence-corrected chi connectivity index (χ1v) is 4.74. The molecule has 11 heavy (non-hydrogen) atoms. The van der Waals surface area contributed by atoms with E-state index in [0.717, 1.165) is 5.92 Å². The van der Waals surface area contributed by atoms with Crippen LogP contribution < -0.4 is 17.4 Å². The molecule has 1 heterocycles. The number of fused-ring (bicyclic) bond motifs is 1. The molecule has 0 fully saturated rings. The summed E-state index contributed by atoms with van der Waals surface area (Å²) in [6.45, 7) is 2.32. The summed E-state index contributed by atoms with van der Waals surface area (Å²) in [6, 6.07) is 0. The van der Waals surface area contributed by atoms with Crippen molar-refractivity contribution in [2.45, 2.75) is 32.1 Å². The highest BCUT2D eigenvalue weighted by molar-refractivity contribution is 7.09. The fraction of sp³-hybridized carbons (Fsp3) is 0.625. The Morgan fingerprint density at radius 2 is 2.45 bits per heavy atom. The summed E-state index contributed by atoms with van der Waals surface area (Å²) in [6.07, 6.45) is 4.01. The van der Waals surface area contributed by atoms with Gasteiger partial charge in [-0.05, 0) is 18.8 Å². The van der Waals surface area contributed by atoms with E-state index in [1.807, 2.05) is 11.3 Å². The lowest BCUT2D eigenvalue weighted by Gasteiger charge is -2.12. The van der Waals surface area contributed by atoms with Gasteiger partial charge in [0.2, 0.25) is 5.51 Å². The number of aryl methyl sites for hydroxylation is 1. The predicted molar refractivity (Wildman–Crippen MR) is 42.2 cm³/mol. The van der Waals surface area contributed by atoms with Gasteiger partial charge < -0.3 is 12.4 Å². The van der Waals surface area contributed by atoms with Gasteiger partial charge in [0.1, 0.15) is 0 Å². The Balaban J connectivity index is 0.000000605.